The van der Waals surface area contributed by atoms with E-state index in [0.29, 0.717) is 11.1 Å². The van der Waals surface area contributed by atoms with Crippen molar-refractivity contribution in [1.29, 1.82) is 0 Å². The van der Waals surface area contributed by atoms with Crippen molar-refractivity contribution in [3.05, 3.63) is 23.3 Å². The van der Waals surface area contributed by atoms with E-state index >= 15 is 0 Å². The van der Waals surface area contributed by atoms with Crippen molar-refractivity contribution in [3.8, 4) is 0 Å². The van der Waals surface area contributed by atoms with Crippen molar-refractivity contribution < 1.29 is 34.8 Å². The number of fused-ring (bicyclic) bond motifs is 5. The SMILES string of the molecule is CC(=O)O[C@]12[C@H](O)[C@@H](C)[C@@]3(O)[C@@H](C=C(CO)C[C@@]4(O)C(=O)C(C)=C[C@@H]34)[C@@H]1C2(C)C. The van der Waals surface area contributed by atoms with Crippen LogP contribution >= 0.6 is 0 Å². The molecule has 160 valence electrons. The number of hydrogen-bond donors (Lipinski definition) is 4. The maximum absolute atomic E-state index is 12.8. The number of Topliss-reactive ketones (excluding diaryl/α,β-unsaturated/α-hetero) is 1. The molecule has 0 saturated heterocycles. The fraction of sp³-hybridized carbons (Fsp3) is 0.727. The number of ether oxygens (including phenoxy) is 1. The highest BCUT2D eigenvalue weighted by molar-refractivity contribution is 6.04. The predicted octanol–water partition coefficient (Wildman–Crippen LogP) is 0.501. The summed E-state index contributed by atoms with van der Waals surface area (Å²) in [6.45, 7) is 7.96. The molecule has 8 atom stereocenters. The molecule has 0 aromatic heterocycles. The molecule has 29 heavy (non-hydrogen) atoms. The molecule has 7 nitrogen and oxygen atoms in total. The van der Waals surface area contributed by atoms with Crippen LogP contribution in [0.1, 0.15) is 41.0 Å². The monoisotopic (exact) mass is 406 g/mol. The van der Waals surface area contributed by atoms with Crippen LogP contribution in [0.2, 0.25) is 0 Å². The maximum Gasteiger partial charge on any atom is 0.303 e. The Bertz CT molecular complexity index is 857. The summed E-state index contributed by atoms with van der Waals surface area (Å²) in [5.74, 6) is -3.77. The van der Waals surface area contributed by atoms with Gasteiger partial charge in [0.25, 0.3) is 0 Å². The molecular weight excluding hydrogens is 376 g/mol. The Kier molecular flexibility index (Phi) is 4.13. The van der Waals surface area contributed by atoms with Crippen LogP contribution < -0.4 is 0 Å². The number of esters is 1. The van der Waals surface area contributed by atoms with E-state index in [-0.39, 0.29) is 13.0 Å². The van der Waals surface area contributed by atoms with Crippen molar-refractivity contribution in [2.24, 2.45) is 29.1 Å². The van der Waals surface area contributed by atoms with E-state index in [1.165, 1.54) is 6.92 Å². The molecular formula is C22H30O7. The van der Waals surface area contributed by atoms with Gasteiger partial charge in [-0.2, -0.15) is 0 Å². The van der Waals surface area contributed by atoms with E-state index in [2.05, 4.69) is 0 Å². The van der Waals surface area contributed by atoms with Gasteiger partial charge in [-0.25, -0.2) is 0 Å². The van der Waals surface area contributed by atoms with E-state index in [0.717, 1.165) is 0 Å². The maximum atomic E-state index is 12.8. The molecule has 4 aliphatic carbocycles. The van der Waals surface area contributed by atoms with Crippen molar-refractivity contribution in [2.45, 2.75) is 63.9 Å². The van der Waals surface area contributed by atoms with Gasteiger partial charge < -0.3 is 25.2 Å². The molecule has 4 aliphatic rings. The Labute approximate surface area is 170 Å². The van der Waals surface area contributed by atoms with Crippen LogP contribution in [-0.2, 0) is 14.3 Å². The normalized spacial score (nSPS) is 49.8. The van der Waals surface area contributed by atoms with Gasteiger partial charge in [0.2, 0.25) is 0 Å². The van der Waals surface area contributed by atoms with Crippen LogP contribution in [0.4, 0.5) is 0 Å². The van der Waals surface area contributed by atoms with Gasteiger partial charge in [-0.05, 0) is 18.1 Å². The zero-order valence-corrected chi connectivity index (χ0v) is 17.5. The minimum atomic E-state index is -1.88. The third-order valence-electron chi connectivity index (χ3n) is 8.31. The molecule has 2 fully saturated rings. The van der Waals surface area contributed by atoms with Gasteiger partial charge in [0.05, 0.1) is 18.3 Å². The third-order valence-corrected chi connectivity index (χ3v) is 8.31. The van der Waals surface area contributed by atoms with Gasteiger partial charge in [-0.3, -0.25) is 9.59 Å². The standard InChI is InChI=1S/C22H30O7/c1-10-6-15-20(27,17(10)25)8-13(9-23)7-14-16-19(4,5)22(16,29-12(3)24)18(26)11(2)21(14,15)28/h6-7,11,14-16,18,23,26-28H,8-9H2,1-5H3/t11-,14+,15-,16-,18-,20+,21-,22+/m1/s1. The molecule has 0 aromatic rings. The molecule has 0 aliphatic heterocycles. The molecule has 0 heterocycles. The van der Waals surface area contributed by atoms with E-state index in [9.17, 15) is 30.0 Å². The first-order valence-electron chi connectivity index (χ1n) is 10.2. The Morgan fingerprint density at radius 2 is 1.90 bits per heavy atom. The quantitative estimate of drug-likeness (QED) is 0.389. The van der Waals surface area contributed by atoms with Crippen LogP contribution in [0.25, 0.3) is 0 Å². The molecule has 4 rings (SSSR count). The van der Waals surface area contributed by atoms with E-state index in [1.54, 1.807) is 26.0 Å². The van der Waals surface area contributed by atoms with Gasteiger partial charge in [-0.1, -0.05) is 32.9 Å². The first kappa shape index (κ1) is 20.7. The second-order valence-corrected chi connectivity index (χ2v) is 9.97. The lowest BCUT2D eigenvalue weighted by Crippen LogP contribution is -2.65. The minimum absolute atomic E-state index is 0.0871. The number of hydrogen-bond acceptors (Lipinski definition) is 7. The summed E-state index contributed by atoms with van der Waals surface area (Å²) in [4.78, 5) is 24.7. The van der Waals surface area contributed by atoms with Crippen molar-refractivity contribution >= 4 is 11.8 Å². The molecule has 0 unspecified atom stereocenters. The molecule has 7 heteroatoms. The van der Waals surface area contributed by atoms with Crippen LogP contribution in [0.5, 0.6) is 0 Å². The lowest BCUT2D eigenvalue weighted by atomic mass is 9.59. The molecule has 4 N–H and O–H groups in total. The Morgan fingerprint density at radius 3 is 2.45 bits per heavy atom. The highest BCUT2D eigenvalue weighted by Gasteiger charge is 2.86. The van der Waals surface area contributed by atoms with Gasteiger partial charge in [0.15, 0.2) is 5.78 Å². The topological polar surface area (TPSA) is 124 Å². The first-order chi connectivity index (χ1) is 13.3. The number of carbonyl (C=O) groups is 2. The van der Waals surface area contributed by atoms with Gasteiger partial charge in [0, 0.05) is 42.4 Å². The van der Waals surface area contributed by atoms with Crippen molar-refractivity contribution in [1.82, 2.24) is 0 Å². The summed E-state index contributed by atoms with van der Waals surface area (Å²) >= 11 is 0. The Hall–Kier alpha value is -1.54. The van der Waals surface area contributed by atoms with Crippen LogP contribution in [-0.4, -0.2) is 61.7 Å². The van der Waals surface area contributed by atoms with Crippen LogP contribution in [0.15, 0.2) is 23.3 Å². The van der Waals surface area contributed by atoms with Crippen LogP contribution in [0, 0.1) is 29.1 Å². The summed E-state index contributed by atoms with van der Waals surface area (Å²) < 4.78 is 5.70. The fourth-order valence-corrected chi connectivity index (χ4v) is 6.91. The van der Waals surface area contributed by atoms with E-state index in [4.69, 9.17) is 4.74 Å². The van der Waals surface area contributed by atoms with Gasteiger partial charge >= 0.3 is 5.97 Å². The highest BCUT2D eigenvalue weighted by atomic mass is 16.6. The Morgan fingerprint density at radius 1 is 1.28 bits per heavy atom. The van der Waals surface area contributed by atoms with Crippen LogP contribution in [0.3, 0.4) is 0 Å². The Balaban J connectivity index is 1.94. The molecule has 0 aromatic carbocycles. The average molecular weight is 406 g/mol. The molecule has 0 radical (unpaired) electrons. The van der Waals surface area contributed by atoms with E-state index in [1.807, 2.05) is 13.8 Å². The fourth-order valence-electron chi connectivity index (χ4n) is 6.91. The zero-order valence-electron chi connectivity index (χ0n) is 17.5. The summed E-state index contributed by atoms with van der Waals surface area (Å²) in [5, 5.41) is 44.7. The number of aliphatic hydroxyl groups excluding tert-OH is 2. The van der Waals surface area contributed by atoms with Crippen molar-refractivity contribution in [3.63, 3.8) is 0 Å². The highest BCUT2D eigenvalue weighted by Crippen LogP contribution is 2.76. The second kappa shape index (κ2) is 5.78. The molecule has 0 spiro atoms. The molecule has 0 bridgehead atoms. The zero-order chi connectivity index (χ0) is 21.7. The summed E-state index contributed by atoms with van der Waals surface area (Å²) in [7, 11) is 0. The summed E-state index contributed by atoms with van der Waals surface area (Å²) in [5.41, 5.74) is -4.52. The predicted molar refractivity (Wildman–Crippen MR) is 102 cm³/mol. The average Bonchev–Trinajstić information content (AvgIpc) is 3.06. The molecule has 0 amide bonds. The van der Waals surface area contributed by atoms with Crippen molar-refractivity contribution in [2.75, 3.05) is 6.61 Å². The van der Waals surface area contributed by atoms with Gasteiger partial charge in [-0.15, -0.1) is 0 Å². The largest absolute Gasteiger partial charge is 0.456 e. The summed E-state index contributed by atoms with van der Waals surface area (Å²) in [6, 6.07) is 0. The number of aliphatic hydroxyl groups is 4. The third kappa shape index (κ3) is 2.17. The lowest BCUT2D eigenvalue weighted by Gasteiger charge is -2.52. The first-order valence-corrected chi connectivity index (χ1v) is 10.2. The lowest BCUT2D eigenvalue weighted by molar-refractivity contribution is -0.218. The molecule has 2 saturated carbocycles. The number of carbonyl (C=O) groups excluding carboxylic acids is 2. The summed E-state index contributed by atoms with van der Waals surface area (Å²) in [6.07, 6.45) is 2.06. The number of ketones is 1. The minimum Gasteiger partial charge on any atom is -0.456 e. The van der Waals surface area contributed by atoms with E-state index < -0.39 is 63.7 Å². The van der Waals surface area contributed by atoms with Gasteiger partial charge in [0.1, 0.15) is 11.2 Å². The number of rotatable bonds is 2. The second-order valence-electron chi connectivity index (χ2n) is 9.97. The smallest absolute Gasteiger partial charge is 0.303 e.